The minimum atomic E-state index is -1.09. The highest BCUT2D eigenvalue weighted by atomic mass is 19.2. The van der Waals surface area contributed by atoms with Crippen LogP contribution in [0, 0.1) is 11.6 Å². The minimum absolute atomic E-state index is 0.0676. The van der Waals surface area contributed by atoms with Crippen LogP contribution in [0.3, 0.4) is 0 Å². The SMILES string of the molecule is COc1ccc(-c2ccc(=O)n(CC(=O)Nc3ccc(F)c(F)c3)n2)cc1OC. The number of aromatic nitrogens is 2. The molecule has 9 heteroatoms. The van der Waals surface area contributed by atoms with Crippen LogP contribution in [0.25, 0.3) is 11.3 Å². The summed E-state index contributed by atoms with van der Waals surface area (Å²) in [7, 11) is 3.01. The van der Waals surface area contributed by atoms with E-state index < -0.39 is 29.6 Å². The number of nitrogens with zero attached hydrogens (tertiary/aromatic N) is 2. The van der Waals surface area contributed by atoms with Crippen molar-refractivity contribution in [2.75, 3.05) is 19.5 Å². The van der Waals surface area contributed by atoms with E-state index in [-0.39, 0.29) is 5.69 Å². The molecule has 3 aromatic rings. The number of ether oxygens (including phenoxy) is 2. The van der Waals surface area contributed by atoms with E-state index in [4.69, 9.17) is 9.47 Å². The molecule has 1 heterocycles. The fraction of sp³-hybridized carbons (Fsp3) is 0.150. The lowest BCUT2D eigenvalue weighted by Gasteiger charge is -2.11. The predicted octanol–water partition coefficient (Wildman–Crippen LogP) is 2.84. The van der Waals surface area contributed by atoms with Gasteiger partial charge >= 0.3 is 0 Å². The van der Waals surface area contributed by atoms with Gasteiger partial charge in [0.1, 0.15) is 6.54 Å². The van der Waals surface area contributed by atoms with E-state index in [9.17, 15) is 18.4 Å². The number of amides is 1. The predicted molar refractivity (Wildman–Crippen MR) is 102 cm³/mol. The van der Waals surface area contributed by atoms with Crippen molar-refractivity contribution >= 4 is 11.6 Å². The Morgan fingerprint density at radius 3 is 2.45 bits per heavy atom. The fourth-order valence-electron chi connectivity index (χ4n) is 2.62. The van der Waals surface area contributed by atoms with Gasteiger partial charge in [-0.1, -0.05) is 0 Å². The summed E-state index contributed by atoms with van der Waals surface area (Å²) in [5.74, 6) is -1.71. The summed E-state index contributed by atoms with van der Waals surface area (Å²) in [5.41, 5.74) is 0.663. The first-order valence-corrected chi connectivity index (χ1v) is 8.46. The van der Waals surface area contributed by atoms with E-state index in [1.807, 2.05) is 0 Å². The summed E-state index contributed by atoms with van der Waals surface area (Å²) in [6, 6.07) is 10.9. The zero-order valence-electron chi connectivity index (χ0n) is 15.6. The van der Waals surface area contributed by atoms with Crippen molar-refractivity contribution in [1.29, 1.82) is 0 Å². The molecule has 1 N–H and O–H groups in total. The number of nitrogens with one attached hydrogen (secondary N) is 1. The number of rotatable bonds is 6. The molecule has 1 aromatic heterocycles. The molecular formula is C20H17F2N3O4. The summed E-state index contributed by atoms with van der Waals surface area (Å²) < 4.78 is 37.7. The lowest BCUT2D eigenvalue weighted by molar-refractivity contribution is -0.117. The van der Waals surface area contributed by atoms with Crippen molar-refractivity contribution < 1.29 is 23.0 Å². The van der Waals surface area contributed by atoms with Gasteiger partial charge in [-0.15, -0.1) is 0 Å². The van der Waals surface area contributed by atoms with Gasteiger partial charge in [0.25, 0.3) is 5.56 Å². The van der Waals surface area contributed by atoms with Crippen LogP contribution in [0.5, 0.6) is 11.5 Å². The van der Waals surface area contributed by atoms with Gasteiger partial charge in [0.2, 0.25) is 5.91 Å². The zero-order chi connectivity index (χ0) is 21.0. The molecule has 1 amide bonds. The van der Waals surface area contributed by atoms with Crippen molar-refractivity contribution in [3.63, 3.8) is 0 Å². The van der Waals surface area contributed by atoms with E-state index in [0.717, 1.165) is 16.8 Å². The highest BCUT2D eigenvalue weighted by Crippen LogP contribution is 2.31. The fourth-order valence-corrected chi connectivity index (χ4v) is 2.62. The van der Waals surface area contributed by atoms with Crippen LogP contribution in [-0.2, 0) is 11.3 Å². The van der Waals surface area contributed by atoms with Crippen molar-refractivity contribution in [3.05, 3.63) is 70.5 Å². The van der Waals surface area contributed by atoms with E-state index in [1.165, 1.54) is 32.4 Å². The molecule has 150 valence electrons. The van der Waals surface area contributed by atoms with E-state index in [1.54, 1.807) is 18.2 Å². The van der Waals surface area contributed by atoms with Gasteiger partial charge in [0.05, 0.1) is 19.9 Å². The molecule has 3 rings (SSSR count). The van der Waals surface area contributed by atoms with Gasteiger partial charge in [-0.05, 0) is 36.4 Å². The Bertz CT molecular complexity index is 1120. The second kappa shape index (κ2) is 8.51. The Morgan fingerprint density at radius 2 is 1.76 bits per heavy atom. The summed E-state index contributed by atoms with van der Waals surface area (Å²) in [5, 5.41) is 6.60. The maximum atomic E-state index is 13.3. The van der Waals surface area contributed by atoms with Gasteiger partial charge in [-0.2, -0.15) is 5.10 Å². The zero-order valence-corrected chi connectivity index (χ0v) is 15.6. The standard InChI is InChI=1S/C20H17F2N3O4/c1-28-17-7-3-12(9-18(17)29-2)16-6-8-20(27)25(24-16)11-19(26)23-13-4-5-14(21)15(22)10-13/h3-10H,11H2,1-2H3,(H,23,26). The molecular weight excluding hydrogens is 384 g/mol. The number of carbonyl (C=O) groups is 1. The Kier molecular flexibility index (Phi) is 5.87. The number of hydrogen-bond acceptors (Lipinski definition) is 5. The summed E-state index contributed by atoms with van der Waals surface area (Å²) in [4.78, 5) is 24.3. The van der Waals surface area contributed by atoms with Crippen LogP contribution in [0.1, 0.15) is 0 Å². The van der Waals surface area contributed by atoms with E-state index >= 15 is 0 Å². The molecule has 0 saturated carbocycles. The topological polar surface area (TPSA) is 82.5 Å². The van der Waals surface area contributed by atoms with Crippen LogP contribution in [0.4, 0.5) is 14.5 Å². The Hall–Kier alpha value is -3.75. The lowest BCUT2D eigenvalue weighted by Crippen LogP contribution is -2.29. The number of carbonyl (C=O) groups excluding carboxylic acids is 1. The molecule has 0 aliphatic rings. The van der Waals surface area contributed by atoms with Crippen LogP contribution in [0.2, 0.25) is 0 Å². The van der Waals surface area contributed by atoms with Crippen molar-refractivity contribution in [2.24, 2.45) is 0 Å². The summed E-state index contributed by atoms with van der Waals surface area (Å²) in [6.07, 6.45) is 0. The molecule has 2 aromatic carbocycles. The third-order valence-corrected chi connectivity index (χ3v) is 4.04. The molecule has 7 nitrogen and oxygen atoms in total. The second-order valence-electron chi connectivity index (χ2n) is 5.96. The molecule has 0 aliphatic heterocycles. The minimum Gasteiger partial charge on any atom is -0.493 e. The Labute approximate surface area is 164 Å². The molecule has 0 saturated heterocycles. The number of hydrogen-bond donors (Lipinski definition) is 1. The highest BCUT2D eigenvalue weighted by Gasteiger charge is 2.12. The smallest absolute Gasteiger partial charge is 0.267 e. The van der Waals surface area contributed by atoms with Gasteiger partial charge < -0.3 is 14.8 Å². The maximum Gasteiger partial charge on any atom is 0.267 e. The molecule has 0 unspecified atom stereocenters. The normalized spacial score (nSPS) is 10.5. The highest BCUT2D eigenvalue weighted by molar-refractivity contribution is 5.90. The maximum absolute atomic E-state index is 13.3. The average Bonchev–Trinajstić information content (AvgIpc) is 2.71. The van der Waals surface area contributed by atoms with Crippen LogP contribution < -0.4 is 20.3 Å². The van der Waals surface area contributed by atoms with Gasteiger partial charge in [0, 0.05) is 23.4 Å². The largest absolute Gasteiger partial charge is 0.493 e. The van der Waals surface area contributed by atoms with Crippen molar-refractivity contribution in [1.82, 2.24) is 9.78 Å². The number of halogens is 2. The van der Waals surface area contributed by atoms with Gasteiger partial charge in [-0.25, -0.2) is 13.5 Å². The molecule has 0 spiro atoms. The molecule has 0 aliphatic carbocycles. The van der Waals surface area contributed by atoms with Gasteiger partial charge in [0.15, 0.2) is 23.1 Å². The van der Waals surface area contributed by atoms with Crippen molar-refractivity contribution in [2.45, 2.75) is 6.54 Å². The van der Waals surface area contributed by atoms with Crippen LogP contribution in [0.15, 0.2) is 53.3 Å². The molecule has 0 fully saturated rings. The quantitative estimate of drug-likeness (QED) is 0.687. The van der Waals surface area contributed by atoms with Crippen molar-refractivity contribution in [3.8, 4) is 22.8 Å². The number of methoxy groups -OCH3 is 2. The molecule has 0 bridgehead atoms. The molecule has 0 radical (unpaired) electrons. The summed E-state index contributed by atoms with van der Waals surface area (Å²) >= 11 is 0. The number of benzene rings is 2. The molecule has 0 atom stereocenters. The van der Waals surface area contributed by atoms with Crippen LogP contribution in [-0.4, -0.2) is 29.9 Å². The third-order valence-electron chi connectivity index (χ3n) is 4.04. The first kappa shape index (κ1) is 20.0. The first-order chi connectivity index (χ1) is 13.9. The van der Waals surface area contributed by atoms with E-state index in [0.29, 0.717) is 22.8 Å². The Morgan fingerprint density at radius 1 is 1.00 bits per heavy atom. The van der Waals surface area contributed by atoms with E-state index in [2.05, 4.69) is 10.4 Å². The second-order valence-corrected chi connectivity index (χ2v) is 5.96. The molecule has 29 heavy (non-hydrogen) atoms. The third kappa shape index (κ3) is 4.57. The average molecular weight is 401 g/mol. The number of anilines is 1. The monoisotopic (exact) mass is 401 g/mol. The summed E-state index contributed by atoms with van der Waals surface area (Å²) in [6.45, 7) is -0.404. The first-order valence-electron chi connectivity index (χ1n) is 8.46. The van der Waals surface area contributed by atoms with Gasteiger partial charge in [-0.3, -0.25) is 9.59 Å². The Balaban J connectivity index is 1.83. The lowest BCUT2D eigenvalue weighted by atomic mass is 10.1. The van der Waals surface area contributed by atoms with Crippen LogP contribution >= 0.6 is 0 Å².